The Balaban J connectivity index is 1.86. The number of carbonyl (C=O) groups is 1. The molecule has 0 spiro atoms. The van der Waals surface area contributed by atoms with Crippen molar-refractivity contribution in [2.75, 3.05) is 6.61 Å². The number of phenolic OH excluding ortho intramolecular Hbond substituents is 2. The van der Waals surface area contributed by atoms with Gasteiger partial charge in [-0.05, 0) is 48.4 Å². The lowest BCUT2D eigenvalue weighted by atomic mass is 10.2. The minimum atomic E-state index is -0.565. The number of hydrogen-bond donors (Lipinski definition) is 3. The summed E-state index contributed by atoms with van der Waals surface area (Å²) in [6, 6.07) is 11.1. The summed E-state index contributed by atoms with van der Waals surface area (Å²) in [5.74, 6) is -0.192. The van der Waals surface area contributed by atoms with Crippen molar-refractivity contribution in [1.29, 1.82) is 0 Å². The number of phenols is 2. The van der Waals surface area contributed by atoms with E-state index in [9.17, 15) is 15.0 Å². The Morgan fingerprint density at radius 1 is 1.16 bits per heavy atom. The number of carbonyl (C=O) groups excluding carboxylic acids is 1. The highest BCUT2D eigenvalue weighted by Crippen LogP contribution is 2.22. The molecule has 6 heteroatoms. The van der Waals surface area contributed by atoms with E-state index in [1.165, 1.54) is 18.3 Å². The maximum absolute atomic E-state index is 11.9. The van der Waals surface area contributed by atoms with Crippen LogP contribution in [0.2, 0.25) is 0 Å². The molecule has 0 fully saturated rings. The molecule has 0 aliphatic heterocycles. The Morgan fingerprint density at radius 2 is 1.92 bits per heavy atom. The highest BCUT2D eigenvalue weighted by Gasteiger charge is 2.10. The van der Waals surface area contributed by atoms with Crippen molar-refractivity contribution in [1.82, 2.24) is 5.43 Å². The van der Waals surface area contributed by atoms with Crippen LogP contribution in [0.3, 0.4) is 0 Å². The fraction of sp³-hybridized carbons (Fsp3) is 0.263. The first-order valence-corrected chi connectivity index (χ1v) is 8.18. The smallest absolute Gasteiger partial charge is 0.275 e. The lowest BCUT2D eigenvalue weighted by Gasteiger charge is -2.05. The summed E-state index contributed by atoms with van der Waals surface area (Å²) in [5, 5.41) is 22.7. The van der Waals surface area contributed by atoms with Crippen LogP contribution in [0.25, 0.3) is 0 Å². The van der Waals surface area contributed by atoms with Crippen LogP contribution in [0.5, 0.6) is 17.2 Å². The second-order valence-electron chi connectivity index (χ2n) is 5.53. The normalized spacial score (nSPS) is 10.8. The van der Waals surface area contributed by atoms with Crippen LogP contribution < -0.4 is 10.2 Å². The van der Waals surface area contributed by atoms with Crippen LogP contribution in [0.15, 0.2) is 47.6 Å². The van der Waals surface area contributed by atoms with E-state index in [4.69, 9.17) is 4.74 Å². The van der Waals surface area contributed by atoms with Gasteiger partial charge in [0.1, 0.15) is 17.2 Å². The van der Waals surface area contributed by atoms with Crippen LogP contribution in [0, 0.1) is 0 Å². The summed E-state index contributed by atoms with van der Waals surface area (Å²) >= 11 is 0. The molecule has 0 bridgehead atoms. The van der Waals surface area contributed by atoms with Gasteiger partial charge in [0.05, 0.1) is 18.4 Å². The van der Waals surface area contributed by atoms with E-state index >= 15 is 0 Å². The average molecular weight is 342 g/mol. The van der Waals surface area contributed by atoms with E-state index in [1.807, 2.05) is 24.3 Å². The summed E-state index contributed by atoms with van der Waals surface area (Å²) in [4.78, 5) is 11.9. The van der Waals surface area contributed by atoms with Crippen LogP contribution in [0.1, 0.15) is 42.1 Å². The van der Waals surface area contributed by atoms with E-state index < -0.39 is 5.91 Å². The van der Waals surface area contributed by atoms with Crippen molar-refractivity contribution in [3.63, 3.8) is 0 Å². The minimum absolute atomic E-state index is 0.0331. The van der Waals surface area contributed by atoms with Crippen molar-refractivity contribution in [2.24, 2.45) is 5.10 Å². The average Bonchev–Trinajstić information content (AvgIpc) is 2.60. The van der Waals surface area contributed by atoms with Gasteiger partial charge in [0.15, 0.2) is 0 Å². The van der Waals surface area contributed by atoms with Gasteiger partial charge in [-0.2, -0.15) is 5.10 Å². The lowest BCUT2D eigenvalue weighted by Crippen LogP contribution is -2.17. The van der Waals surface area contributed by atoms with Gasteiger partial charge in [-0.3, -0.25) is 4.79 Å². The molecule has 0 aromatic heterocycles. The Bertz CT molecular complexity index is 727. The second kappa shape index (κ2) is 9.32. The number of nitrogens with one attached hydrogen (secondary N) is 1. The van der Waals surface area contributed by atoms with E-state index in [1.54, 1.807) is 0 Å². The molecule has 0 radical (unpaired) electrons. The summed E-state index contributed by atoms with van der Waals surface area (Å²) in [5.41, 5.74) is 3.16. The third-order valence-corrected chi connectivity index (χ3v) is 3.50. The van der Waals surface area contributed by atoms with Gasteiger partial charge in [0.25, 0.3) is 5.91 Å². The lowest BCUT2D eigenvalue weighted by molar-refractivity contribution is 0.0952. The van der Waals surface area contributed by atoms with E-state index in [-0.39, 0.29) is 17.1 Å². The fourth-order valence-corrected chi connectivity index (χ4v) is 2.13. The number of ether oxygens (including phenoxy) is 1. The van der Waals surface area contributed by atoms with Crippen molar-refractivity contribution >= 4 is 12.1 Å². The number of amides is 1. The third-order valence-electron chi connectivity index (χ3n) is 3.50. The summed E-state index contributed by atoms with van der Waals surface area (Å²) in [6.07, 6.45) is 4.85. The molecular formula is C19H22N2O4. The van der Waals surface area contributed by atoms with Crippen LogP contribution >= 0.6 is 0 Å². The summed E-state index contributed by atoms with van der Waals surface area (Å²) in [7, 11) is 0. The first kappa shape index (κ1) is 18.3. The van der Waals surface area contributed by atoms with Crippen molar-refractivity contribution < 1.29 is 19.7 Å². The van der Waals surface area contributed by atoms with E-state index in [2.05, 4.69) is 17.5 Å². The monoisotopic (exact) mass is 342 g/mol. The Hall–Kier alpha value is -3.02. The summed E-state index contributed by atoms with van der Waals surface area (Å²) in [6.45, 7) is 2.85. The molecule has 0 atom stereocenters. The molecule has 0 aliphatic carbocycles. The molecule has 6 nitrogen and oxygen atoms in total. The van der Waals surface area contributed by atoms with Crippen molar-refractivity contribution in [2.45, 2.75) is 26.2 Å². The molecule has 0 aliphatic rings. The van der Waals surface area contributed by atoms with Gasteiger partial charge in [-0.1, -0.05) is 19.8 Å². The maximum Gasteiger partial charge on any atom is 0.275 e. The molecule has 25 heavy (non-hydrogen) atoms. The van der Waals surface area contributed by atoms with Crippen molar-refractivity contribution in [3.05, 3.63) is 53.6 Å². The van der Waals surface area contributed by atoms with Gasteiger partial charge in [-0.25, -0.2) is 5.43 Å². The van der Waals surface area contributed by atoms with Gasteiger partial charge >= 0.3 is 0 Å². The molecule has 1 amide bonds. The first-order valence-electron chi connectivity index (χ1n) is 8.18. The third kappa shape index (κ3) is 5.84. The fourth-order valence-electron chi connectivity index (χ4n) is 2.13. The SMILES string of the molecule is CCCCCOc1ccc(C=NNC(=O)c2ccc(O)cc2O)cc1. The van der Waals surface area contributed by atoms with E-state index in [0.717, 1.165) is 36.6 Å². The van der Waals surface area contributed by atoms with Gasteiger partial charge in [-0.15, -0.1) is 0 Å². The topological polar surface area (TPSA) is 91.2 Å². The highest BCUT2D eigenvalue weighted by atomic mass is 16.5. The van der Waals surface area contributed by atoms with Crippen LogP contribution in [-0.4, -0.2) is 28.9 Å². The molecule has 2 aromatic rings. The number of nitrogens with zero attached hydrogens (tertiary/aromatic N) is 1. The number of hydrogen-bond acceptors (Lipinski definition) is 5. The molecule has 0 unspecified atom stereocenters. The predicted molar refractivity (Wildman–Crippen MR) is 96.3 cm³/mol. The zero-order valence-electron chi connectivity index (χ0n) is 14.1. The molecule has 0 saturated carbocycles. The standard InChI is InChI=1S/C19H22N2O4/c1-2-3-4-11-25-16-8-5-14(6-9-16)13-20-21-19(24)17-10-7-15(22)12-18(17)23/h5-10,12-13,22-23H,2-4,11H2,1H3,(H,21,24). The zero-order valence-corrected chi connectivity index (χ0v) is 14.1. The number of aromatic hydroxyl groups is 2. The largest absolute Gasteiger partial charge is 0.508 e. The molecule has 0 saturated heterocycles. The molecular weight excluding hydrogens is 320 g/mol. The predicted octanol–water partition coefficient (Wildman–Crippen LogP) is 3.43. The first-order chi connectivity index (χ1) is 12.1. The van der Waals surface area contributed by atoms with Gasteiger partial charge < -0.3 is 14.9 Å². The molecule has 2 rings (SSSR count). The van der Waals surface area contributed by atoms with Crippen molar-refractivity contribution in [3.8, 4) is 17.2 Å². The second-order valence-corrected chi connectivity index (χ2v) is 5.53. The maximum atomic E-state index is 11.9. The molecule has 2 aromatic carbocycles. The Kier molecular flexibility index (Phi) is 6.83. The minimum Gasteiger partial charge on any atom is -0.508 e. The van der Waals surface area contributed by atoms with Crippen LogP contribution in [0.4, 0.5) is 0 Å². The highest BCUT2D eigenvalue weighted by molar-refractivity contribution is 5.97. The zero-order chi connectivity index (χ0) is 18.1. The number of benzene rings is 2. The number of unbranched alkanes of at least 4 members (excludes halogenated alkanes) is 2. The summed E-state index contributed by atoms with van der Waals surface area (Å²) < 4.78 is 5.62. The molecule has 132 valence electrons. The van der Waals surface area contributed by atoms with E-state index in [0.29, 0.717) is 6.61 Å². The molecule has 3 N–H and O–H groups in total. The number of hydrazone groups is 1. The number of rotatable bonds is 8. The van der Waals surface area contributed by atoms with Crippen LogP contribution in [-0.2, 0) is 0 Å². The quantitative estimate of drug-likeness (QED) is 0.389. The van der Waals surface area contributed by atoms with Gasteiger partial charge in [0, 0.05) is 6.07 Å². The Labute approximate surface area is 146 Å². The molecule has 0 heterocycles. The Morgan fingerprint density at radius 3 is 2.60 bits per heavy atom. The van der Waals surface area contributed by atoms with Gasteiger partial charge in [0.2, 0.25) is 0 Å².